The molecule has 0 aromatic carbocycles. The zero-order valence-electron chi connectivity index (χ0n) is 6.67. The third-order valence-electron chi connectivity index (χ3n) is 0.136. The van der Waals surface area contributed by atoms with Gasteiger partial charge in [-0.1, -0.05) is 5.04 Å². The Hall–Kier alpha value is 0.274. The van der Waals surface area contributed by atoms with Crippen LogP contribution in [-0.2, 0) is 14.2 Å². The number of rotatable bonds is 2. The van der Waals surface area contributed by atoms with Crippen LogP contribution in [-0.4, -0.2) is 47.0 Å². The molecule has 0 heterocycles. The molecular weight excluding hydrogens is 154 g/mol. The van der Waals surface area contributed by atoms with E-state index in [0.29, 0.717) is 21.0 Å². The van der Waals surface area contributed by atoms with E-state index in [1.165, 1.54) is 0 Å². The predicted molar refractivity (Wildman–Crippen MR) is 42.7 cm³/mol. The first kappa shape index (κ1) is 12.0. The standard InChI is InChI=1S/C3H9N.H6O3Si2/c1-4(2)3;4-2-1-3-5/h1-3H3;4-5H3. The maximum absolute atomic E-state index is 4.14. The van der Waals surface area contributed by atoms with Crippen molar-refractivity contribution < 1.29 is 14.2 Å². The second-order valence-corrected chi connectivity index (χ2v) is 2.41. The van der Waals surface area contributed by atoms with Gasteiger partial charge in [0.1, 0.15) is 0 Å². The van der Waals surface area contributed by atoms with Gasteiger partial charge in [-0.05, 0) is 21.1 Å². The second kappa shape index (κ2) is 11.1. The van der Waals surface area contributed by atoms with Crippen LogP contribution in [0.3, 0.4) is 0 Å². The molecule has 0 aliphatic heterocycles. The van der Waals surface area contributed by atoms with Gasteiger partial charge in [-0.3, -0.25) is 9.15 Å². The Morgan fingerprint density at radius 2 is 1.22 bits per heavy atom. The quantitative estimate of drug-likeness (QED) is 0.262. The summed E-state index contributed by atoms with van der Waals surface area (Å²) < 4.78 is 8.28. The third kappa shape index (κ3) is 63.0. The van der Waals surface area contributed by atoms with Crippen LogP contribution in [0.5, 0.6) is 0 Å². The van der Waals surface area contributed by atoms with Crippen molar-refractivity contribution in [3.8, 4) is 0 Å². The van der Waals surface area contributed by atoms with E-state index < -0.39 is 0 Å². The van der Waals surface area contributed by atoms with Crippen molar-refractivity contribution in [3.63, 3.8) is 0 Å². The van der Waals surface area contributed by atoms with E-state index in [1.807, 2.05) is 26.0 Å². The van der Waals surface area contributed by atoms with Crippen molar-refractivity contribution in [2.24, 2.45) is 0 Å². The Kier molecular flexibility index (Phi) is 14.8. The minimum Gasteiger partial charge on any atom is -0.312 e. The van der Waals surface area contributed by atoms with Gasteiger partial charge in [0.15, 0.2) is 21.0 Å². The topological polar surface area (TPSA) is 30.9 Å². The van der Waals surface area contributed by atoms with Crippen molar-refractivity contribution in [1.29, 1.82) is 0 Å². The molecule has 0 amide bonds. The molecule has 0 radical (unpaired) electrons. The minimum absolute atomic E-state index is 0.574. The summed E-state index contributed by atoms with van der Waals surface area (Å²) in [5.74, 6) is 0. The van der Waals surface area contributed by atoms with Gasteiger partial charge in [0.2, 0.25) is 0 Å². The van der Waals surface area contributed by atoms with Gasteiger partial charge in [0.05, 0.1) is 0 Å². The van der Waals surface area contributed by atoms with Gasteiger partial charge in [0, 0.05) is 0 Å². The van der Waals surface area contributed by atoms with Crippen molar-refractivity contribution in [3.05, 3.63) is 0 Å². The molecule has 0 atom stereocenters. The maximum Gasteiger partial charge on any atom is 0.197 e. The van der Waals surface area contributed by atoms with Gasteiger partial charge in [-0.2, -0.15) is 0 Å². The summed E-state index contributed by atoms with van der Waals surface area (Å²) in [5.41, 5.74) is 0. The maximum atomic E-state index is 4.14. The summed E-state index contributed by atoms with van der Waals surface area (Å²) in [6.45, 7) is 0. The zero-order chi connectivity index (χ0) is 7.70. The largest absolute Gasteiger partial charge is 0.312 e. The monoisotopic (exact) mass is 169 g/mol. The van der Waals surface area contributed by atoms with E-state index in [1.54, 1.807) is 0 Å². The molecule has 6 heteroatoms. The van der Waals surface area contributed by atoms with E-state index in [4.69, 9.17) is 0 Å². The lowest BCUT2D eigenvalue weighted by Crippen LogP contribution is -1.99. The molecule has 0 aliphatic carbocycles. The lowest BCUT2D eigenvalue weighted by atomic mass is 11.0. The van der Waals surface area contributed by atoms with Gasteiger partial charge in [-0.25, -0.2) is 0 Å². The van der Waals surface area contributed by atoms with Gasteiger partial charge < -0.3 is 4.90 Å². The normalized spacial score (nSPS) is 9.33. The van der Waals surface area contributed by atoms with Gasteiger partial charge in [0.25, 0.3) is 0 Å². The van der Waals surface area contributed by atoms with Crippen LogP contribution in [0.15, 0.2) is 0 Å². The number of nitrogens with zero attached hydrogens (tertiary/aromatic N) is 1. The number of hydrogen-bond acceptors (Lipinski definition) is 4. The third-order valence-corrected chi connectivity index (χ3v) is 0.408. The molecule has 0 aliphatic rings. The van der Waals surface area contributed by atoms with Crippen LogP contribution in [0.1, 0.15) is 0 Å². The van der Waals surface area contributed by atoms with Gasteiger partial charge >= 0.3 is 0 Å². The Morgan fingerprint density at radius 1 is 1.00 bits per heavy atom. The predicted octanol–water partition coefficient (Wildman–Crippen LogP) is -2.40. The van der Waals surface area contributed by atoms with Crippen LogP contribution >= 0.6 is 0 Å². The molecule has 0 rings (SSSR count). The van der Waals surface area contributed by atoms with Crippen molar-refractivity contribution in [2.45, 2.75) is 0 Å². The molecule has 0 saturated carbocycles. The first-order chi connectivity index (χ1) is 4.15. The second-order valence-electron chi connectivity index (χ2n) is 1.74. The number of hydrogen-bond donors (Lipinski definition) is 0. The summed E-state index contributed by atoms with van der Waals surface area (Å²) >= 11 is 0. The molecule has 0 aromatic rings. The molecule has 9 heavy (non-hydrogen) atoms. The average molecular weight is 169 g/mol. The summed E-state index contributed by atoms with van der Waals surface area (Å²) in [6, 6.07) is 0. The summed E-state index contributed by atoms with van der Waals surface area (Å²) in [7, 11) is 7.15. The fourth-order valence-corrected chi connectivity index (χ4v) is 0.612. The first-order valence-corrected chi connectivity index (χ1v) is 4.12. The van der Waals surface area contributed by atoms with Gasteiger partial charge in [-0.15, -0.1) is 0 Å². The highest BCUT2D eigenvalue weighted by molar-refractivity contribution is 5.98. The van der Waals surface area contributed by atoms with Crippen molar-refractivity contribution in [1.82, 2.24) is 4.90 Å². The van der Waals surface area contributed by atoms with Crippen LogP contribution in [0, 0.1) is 0 Å². The van der Waals surface area contributed by atoms with E-state index >= 15 is 0 Å². The lowest BCUT2D eigenvalue weighted by Gasteiger charge is -1.90. The molecule has 0 bridgehead atoms. The molecule has 4 nitrogen and oxygen atoms in total. The Labute approximate surface area is 62.0 Å². The molecule has 0 aromatic heterocycles. The molecule has 0 spiro atoms. The van der Waals surface area contributed by atoms with Crippen molar-refractivity contribution in [2.75, 3.05) is 21.1 Å². The fraction of sp³-hybridized carbons (Fsp3) is 1.00. The Bertz CT molecular complexity index is 41.3. The van der Waals surface area contributed by atoms with E-state index in [2.05, 4.69) is 14.2 Å². The lowest BCUT2D eigenvalue weighted by molar-refractivity contribution is -0.412. The van der Waals surface area contributed by atoms with E-state index in [0.717, 1.165) is 0 Å². The average Bonchev–Trinajstić information content (AvgIpc) is 1.66. The highest BCUT2D eigenvalue weighted by Gasteiger charge is 1.61. The molecule has 58 valence electrons. The van der Waals surface area contributed by atoms with Crippen molar-refractivity contribution >= 4 is 21.0 Å². The Morgan fingerprint density at radius 3 is 1.22 bits per heavy atom. The molecule has 0 fully saturated rings. The minimum atomic E-state index is 0.574. The zero-order valence-corrected chi connectivity index (χ0v) is 10.7. The summed E-state index contributed by atoms with van der Waals surface area (Å²) in [4.78, 5) is 2.00. The fourth-order valence-electron chi connectivity index (χ4n) is 0.0680. The SMILES string of the molecule is CN(C)C.[SiH3]OOO[SiH3]. The summed E-state index contributed by atoms with van der Waals surface area (Å²) in [6.07, 6.45) is 0. The van der Waals surface area contributed by atoms with Crippen LogP contribution in [0.4, 0.5) is 0 Å². The van der Waals surface area contributed by atoms with Crippen LogP contribution < -0.4 is 0 Å². The van der Waals surface area contributed by atoms with Crippen LogP contribution in [0.2, 0.25) is 0 Å². The molecule has 0 unspecified atom stereocenters. The molecule has 0 N–H and O–H groups in total. The molecular formula is C3H15NO3Si2. The smallest absolute Gasteiger partial charge is 0.197 e. The highest BCUT2D eigenvalue weighted by Crippen LogP contribution is 1.62. The molecule has 0 saturated heterocycles. The first-order valence-electron chi connectivity index (χ1n) is 2.49. The van der Waals surface area contributed by atoms with E-state index in [-0.39, 0.29) is 0 Å². The highest BCUT2D eigenvalue weighted by atomic mass is 28.2. The van der Waals surface area contributed by atoms with Crippen LogP contribution in [0.25, 0.3) is 0 Å². The van der Waals surface area contributed by atoms with E-state index in [9.17, 15) is 0 Å². The summed E-state index contributed by atoms with van der Waals surface area (Å²) in [5, 5.41) is 3.96. The Balaban J connectivity index is 0.